The van der Waals surface area contributed by atoms with Crippen LogP contribution in [-0.4, -0.2) is 6.54 Å². The highest BCUT2D eigenvalue weighted by Gasteiger charge is 2.37. The minimum atomic E-state index is 0.202. The molecule has 0 heterocycles. The van der Waals surface area contributed by atoms with Crippen LogP contribution in [0.5, 0.6) is 0 Å². The van der Waals surface area contributed by atoms with Crippen LogP contribution in [0.15, 0.2) is 18.2 Å². The van der Waals surface area contributed by atoms with E-state index in [-0.39, 0.29) is 5.41 Å². The molecule has 0 aliphatic heterocycles. The summed E-state index contributed by atoms with van der Waals surface area (Å²) in [6.07, 6.45) is 4.54. The third-order valence-corrected chi connectivity index (χ3v) is 4.70. The van der Waals surface area contributed by atoms with Gasteiger partial charge in [0.05, 0.1) is 0 Å². The van der Waals surface area contributed by atoms with Crippen LogP contribution in [0.3, 0.4) is 0 Å². The summed E-state index contributed by atoms with van der Waals surface area (Å²) < 4.78 is 0. The third kappa shape index (κ3) is 2.78. The molecule has 2 N–H and O–H groups in total. The normalized spacial score (nSPS) is 28.6. The summed E-state index contributed by atoms with van der Waals surface area (Å²) >= 11 is 12.5. The van der Waals surface area contributed by atoms with E-state index in [1.165, 1.54) is 19.3 Å². The maximum absolute atomic E-state index is 6.24. The Morgan fingerprint density at radius 3 is 2.47 bits per heavy atom. The number of halogens is 2. The van der Waals surface area contributed by atoms with Gasteiger partial charge in [0, 0.05) is 10.0 Å². The molecule has 0 radical (unpaired) electrons. The fraction of sp³-hybridized carbons (Fsp3) is 0.571. The van der Waals surface area contributed by atoms with Gasteiger partial charge in [-0.05, 0) is 54.8 Å². The van der Waals surface area contributed by atoms with E-state index in [1.54, 1.807) is 0 Å². The van der Waals surface area contributed by atoms with Gasteiger partial charge in [-0.25, -0.2) is 0 Å². The fourth-order valence-electron chi connectivity index (χ4n) is 2.99. The number of hydrogen-bond acceptors (Lipinski definition) is 1. The van der Waals surface area contributed by atoms with E-state index in [0.29, 0.717) is 0 Å². The molecule has 3 heteroatoms. The molecule has 1 saturated carbocycles. The molecule has 1 aromatic carbocycles. The summed E-state index contributed by atoms with van der Waals surface area (Å²) in [5.74, 6) is 0.764. The van der Waals surface area contributed by atoms with Gasteiger partial charge in [0.2, 0.25) is 0 Å². The molecule has 0 bridgehead atoms. The Hall–Kier alpha value is -0.240. The molecule has 1 fully saturated rings. The summed E-state index contributed by atoms with van der Waals surface area (Å²) in [6.45, 7) is 3.02. The topological polar surface area (TPSA) is 26.0 Å². The predicted octanol–water partition coefficient (Wildman–Crippen LogP) is 4.30. The van der Waals surface area contributed by atoms with Crippen LogP contribution in [0.25, 0.3) is 0 Å². The van der Waals surface area contributed by atoms with Crippen molar-refractivity contribution in [2.45, 2.75) is 32.6 Å². The van der Waals surface area contributed by atoms with Crippen molar-refractivity contribution in [3.05, 3.63) is 33.8 Å². The minimum Gasteiger partial charge on any atom is -0.330 e. The molecule has 1 aromatic rings. The largest absolute Gasteiger partial charge is 0.330 e. The Bertz CT molecular complexity index is 385. The lowest BCUT2D eigenvalue weighted by Crippen LogP contribution is -2.30. The van der Waals surface area contributed by atoms with Crippen molar-refractivity contribution in [3.8, 4) is 0 Å². The van der Waals surface area contributed by atoms with Crippen molar-refractivity contribution < 1.29 is 0 Å². The van der Waals surface area contributed by atoms with E-state index in [9.17, 15) is 0 Å². The lowest BCUT2D eigenvalue weighted by atomic mass is 9.79. The van der Waals surface area contributed by atoms with Gasteiger partial charge in [-0.15, -0.1) is 0 Å². The average molecular weight is 272 g/mol. The standard InChI is InChI=1S/C14H19Cl2N/c1-10-5-6-14(7-10,9-17)8-11-12(15)3-2-4-13(11)16/h2-4,10H,5-9,17H2,1H3. The third-order valence-electron chi connectivity index (χ3n) is 4.00. The SMILES string of the molecule is CC1CCC(CN)(Cc2c(Cl)cccc2Cl)C1. The lowest BCUT2D eigenvalue weighted by Gasteiger charge is -2.28. The molecule has 1 aliphatic carbocycles. The monoisotopic (exact) mass is 271 g/mol. The van der Waals surface area contributed by atoms with Gasteiger partial charge < -0.3 is 5.73 Å². The highest BCUT2D eigenvalue weighted by atomic mass is 35.5. The maximum Gasteiger partial charge on any atom is 0.0453 e. The van der Waals surface area contributed by atoms with E-state index in [1.807, 2.05) is 18.2 Å². The summed E-state index contributed by atoms with van der Waals surface area (Å²) in [4.78, 5) is 0. The molecule has 1 aliphatic rings. The highest BCUT2D eigenvalue weighted by Crippen LogP contribution is 2.45. The van der Waals surface area contributed by atoms with Gasteiger partial charge in [0.1, 0.15) is 0 Å². The molecule has 2 atom stereocenters. The van der Waals surface area contributed by atoms with Gasteiger partial charge in [0.15, 0.2) is 0 Å². The molecule has 17 heavy (non-hydrogen) atoms. The summed E-state index contributed by atoms with van der Waals surface area (Å²) in [5, 5.41) is 1.54. The number of nitrogens with two attached hydrogens (primary N) is 1. The fourth-order valence-corrected chi connectivity index (χ4v) is 3.52. The van der Waals surface area contributed by atoms with Crippen LogP contribution in [0.2, 0.25) is 10.0 Å². The molecule has 0 aromatic heterocycles. The maximum atomic E-state index is 6.24. The molecule has 0 spiro atoms. The number of rotatable bonds is 3. The Balaban J connectivity index is 2.25. The van der Waals surface area contributed by atoms with Crippen molar-refractivity contribution in [1.82, 2.24) is 0 Å². The zero-order valence-corrected chi connectivity index (χ0v) is 11.7. The van der Waals surface area contributed by atoms with Crippen LogP contribution >= 0.6 is 23.2 Å². The van der Waals surface area contributed by atoms with Crippen molar-refractivity contribution in [3.63, 3.8) is 0 Å². The van der Waals surface area contributed by atoms with E-state index in [0.717, 1.165) is 34.5 Å². The zero-order chi connectivity index (χ0) is 12.5. The highest BCUT2D eigenvalue weighted by molar-refractivity contribution is 6.36. The predicted molar refractivity (Wildman–Crippen MR) is 74.7 cm³/mol. The van der Waals surface area contributed by atoms with Gasteiger partial charge >= 0.3 is 0 Å². The molecule has 2 unspecified atom stereocenters. The average Bonchev–Trinajstić information content (AvgIpc) is 2.67. The Kier molecular flexibility index (Phi) is 4.02. The Morgan fingerprint density at radius 1 is 1.35 bits per heavy atom. The second-order valence-electron chi connectivity index (χ2n) is 5.43. The first kappa shape index (κ1) is 13.2. The number of hydrogen-bond donors (Lipinski definition) is 1. The smallest absolute Gasteiger partial charge is 0.0453 e. The molecule has 0 amide bonds. The van der Waals surface area contributed by atoms with Gasteiger partial charge in [-0.3, -0.25) is 0 Å². The zero-order valence-electron chi connectivity index (χ0n) is 10.2. The van der Waals surface area contributed by atoms with Crippen LogP contribution in [-0.2, 0) is 6.42 Å². The quantitative estimate of drug-likeness (QED) is 0.872. The lowest BCUT2D eigenvalue weighted by molar-refractivity contribution is 0.296. The van der Waals surface area contributed by atoms with Crippen molar-refractivity contribution in [2.75, 3.05) is 6.54 Å². The van der Waals surface area contributed by atoms with E-state index >= 15 is 0 Å². The first-order valence-corrected chi connectivity index (χ1v) is 6.95. The van der Waals surface area contributed by atoms with Gasteiger partial charge in [0.25, 0.3) is 0 Å². The molecule has 1 nitrogen and oxygen atoms in total. The van der Waals surface area contributed by atoms with Crippen LogP contribution in [0.1, 0.15) is 31.7 Å². The first-order chi connectivity index (χ1) is 8.06. The van der Waals surface area contributed by atoms with Crippen LogP contribution in [0, 0.1) is 11.3 Å². The summed E-state index contributed by atoms with van der Waals surface area (Å²) in [5.41, 5.74) is 7.26. The van der Waals surface area contributed by atoms with Crippen LogP contribution < -0.4 is 5.73 Å². The van der Waals surface area contributed by atoms with Gasteiger partial charge in [-0.2, -0.15) is 0 Å². The van der Waals surface area contributed by atoms with Crippen molar-refractivity contribution >= 4 is 23.2 Å². The van der Waals surface area contributed by atoms with Gasteiger partial charge in [-0.1, -0.05) is 42.6 Å². The van der Waals surface area contributed by atoms with Crippen LogP contribution in [0.4, 0.5) is 0 Å². The summed E-state index contributed by atoms with van der Waals surface area (Å²) in [6, 6.07) is 5.71. The molecule has 2 rings (SSSR count). The van der Waals surface area contributed by atoms with Crippen molar-refractivity contribution in [1.29, 1.82) is 0 Å². The van der Waals surface area contributed by atoms with E-state index in [2.05, 4.69) is 6.92 Å². The Labute approximate surface area is 113 Å². The second-order valence-corrected chi connectivity index (χ2v) is 6.24. The molecular weight excluding hydrogens is 253 g/mol. The second kappa shape index (κ2) is 5.17. The molecule has 0 saturated heterocycles. The number of benzene rings is 1. The molecular formula is C14H19Cl2N. The molecule has 94 valence electrons. The van der Waals surface area contributed by atoms with E-state index < -0.39 is 0 Å². The Morgan fingerprint density at radius 2 is 2.00 bits per heavy atom. The van der Waals surface area contributed by atoms with Crippen molar-refractivity contribution in [2.24, 2.45) is 17.1 Å². The summed E-state index contributed by atoms with van der Waals surface area (Å²) in [7, 11) is 0. The first-order valence-electron chi connectivity index (χ1n) is 6.19. The minimum absolute atomic E-state index is 0.202. The van der Waals surface area contributed by atoms with E-state index in [4.69, 9.17) is 28.9 Å².